The van der Waals surface area contributed by atoms with Crippen LogP contribution in [-0.2, 0) is 9.59 Å². The average molecular weight is 487 g/mol. The molecular weight excluding hydrogens is 474 g/mol. The first-order chi connectivity index (χ1) is 13.9. The highest BCUT2D eigenvalue weighted by Gasteiger charge is 2.34. The van der Waals surface area contributed by atoms with Crippen molar-refractivity contribution in [1.29, 1.82) is 0 Å². The summed E-state index contributed by atoms with van der Waals surface area (Å²) in [5.41, 5.74) is 2.11. The van der Waals surface area contributed by atoms with E-state index in [9.17, 15) is 9.59 Å². The minimum atomic E-state index is -0.534. The third kappa shape index (κ3) is 3.89. The predicted molar refractivity (Wildman–Crippen MR) is 121 cm³/mol. The van der Waals surface area contributed by atoms with Crippen molar-refractivity contribution in [1.82, 2.24) is 9.88 Å². The van der Waals surface area contributed by atoms with Gasteiger partial charge in [-0.25, -0.2) is 0 Å². The van der Waals surface area contributed by atoms with E-state index in [0.717, 1.165) is 10.2 Å². The van der Waals surface area contributed by atoms with Crippen molar-refractivity contribution in [3.05, 3.63) is 87.6 Å². The van der Waals surface area contributed by atoms with Gasteiger partial charge in [-0.1, -0.05) is 27.5 Å². The molecule has 1 aromatic heterocycles. The van der Waals surface area contributed by atoms with Crippen molar-refractivity contribution in [2.24, 2.45) is 0 Å². The fourth-order valence-electron chi connectivity index (χ4n) is 2.98. The van der Waals surface area contributed by atoms with Gasteiger partial charge in [0.05, 0.1) is 5.69 Å². The molecule has 2 amide bonds. The zero-order valence-electron chi connectivity index (χ0n) is 14.8. The molecule has 1 aliphatic rings. The second kappa shape index (κ2) is 7.94. The number of nitrogens with zero attached hydrogens (tertiary/aromatic N) is 2. The number of carbonyl (C=O) groups is 2. The van der Waals surface area contributed by atoms with E-state index in [2.05, 4.69) is 21.2 Å². The smallest absolute Gasteiger partial charge is 0.270 e. The van der Waals surface area contributed by atoms with Crippen LogP contribution >= 0.6 is 39.7 Å². The molecule has 0 saturated carbocycles. The normalized spacial score (nSPS) is 15.7. The first kappa shape index (κ1) is 19.6. The first-order valence-electron chi connectivity index (χ1n) is 8.54. The number of amides is 2. The molecule has 0 radical (unpaired) electrons. The molecule has 1 fully saturated rings. The van der Waals surface area contributed by atoms with Crippen molar-refractivity contribution in [2.45, 2.75) is 0 Å². The summed E-state index contributed by atoms with van der Waals surface area (Å²) in [4.78, 5) is 26.9. The van der Waals surface area contributed by atoms with Gasteiger partial charge in [0.15, 0.2) is 5.11 Å². The molecule has 0 aliphatic carbocycles. The van der Waals surface area contributed by atoms with Gasteiger partial charge < -0.3 is 4.57 Å². The quantitative estimate of drug-likeness (QED) is 0.331. The van der Waals surface area contributed by atoms with Gasteiger partial charge in [0.2, 0.25) is 0 Å². The Labute approximate surface area is 185 Å². The topological polar surface area (TPSA) is 54.3 Å². The molecule has 4 rings (SSSR count). The van der Waals surface area contributed by atoms with Gasteiger partial charge >= 0.3 is 0 Å². The molecule has 1 N–H and O–H groups in total. The molecule has 2 aromatic carbocycles. The summed E-state index contributed by atoms with van der Waals surface area (Å²) in [7, 11) is 0. The molecule has 1 aliphatic heterocycles. The van der Waals surface area contributed by atoms with E-state index in [0.29, 0.717) is 16.4 Å². The highest BCUT2D eigenvalue weighted by atomic mass is 79.9. The largest absolute Gasteiger partial charge is 0.317 e. The van der Waals surface area contributed by atoms with Crippen LogP contribution in [0.5, 0.6) is 0 Å². The molecular formula is C21H13BrClN3O2S. The predicted octanol–water partition coefficient (Wildman–Crippen LogP) is 4.72. The summed E-state index contributed by atoms with van der Waals surface area (Å²) >= 11 is 14.6. The van der Waals surface area contributed by atoms with Crippen LogP contribution in [0.25, 0.3) is 11.8 Å². The van der Waals surface area contributed by atoms with Crippen LogP contribution in [0.3, 0.4) is 0 Å². The average Bonchev–Trinajstić information content (AvgIpc) is 3.15. The SMILES string of the molecule is O=C1NC(=S)N(c2ccc(Cl)cc2)C(=O)/C1=C/c1cccn1-c1ccc(Br)cc1. The number of carbonyl (C=O) groups excluding carboxylic acids is 2. The van der Waals surface area contributed by atoms with Crippen molar-refractivity contribution in [2.75, 3.05) is 4.90 Å². The van der Waals surface area contributed by atoms with Crippen LogP contribution < -0.4 is 10.2 Å². The number of aromatic nitrogens is 1. The van der Waals surface area contributed by atoms with Gasteiger partial charge in [0, 0.05) is 27.1 Å². The van der Waals surface area contributed by atoms with Gasteiger partial charge in [0.25, 0.3) is 11.8 Å². The van der Waals surface area contributed by atoms with E-state index in [1.807, 2.05) is 47.2 Å². The Morgan fingerprint density at radius 1 is 0.966 bits per heavy atom. The zero-order valence-corrected chi connectivity index (χ0v) is 18.0. The van der Waals surface area contributed by atoms with E-state index < -0.39 is 11.8 Å². The van der Waals surface area contributed by atoms with E-state index in [-0.39, 0.29) is 10.7 Å². The van der Waals surface area contributed by atoms with Crippen molar-refractivity contribution in [3.8, 4) is 5.69 Å². The standard InChI is InChI=1S/C21H13BrClN3O2S/c22-13-3-7-15(8-4-13)25-11-1-2-17(25)12-18-19(27)24-21(29)26(20(18)28)16-9-5-14(23)6-10-16/h1-12H,(H,24,27,29)/b18-12+. The molecule has 8 heteroatoms. The van der Waals surface area contributed by atoms with Crippen LogP contribution in [0.15, 0.2) is 76.9 Å². The Kier molecular flexibility index (Phi) is 5.36. The van der Waals surface area contributed by atoms with Crippen LogP contribution in [0, 0.1) is 0 Å². The minimum absolute atomic E-state index is 0.00869. The van der Waals surface area contributed by atoms with E-state index in [4.69, 9.17) is 23.8 Å². The van der Waals surface area contributed by atoms with E-state index in [1.165, 1.54) is 4.90 Å². The molecule has 29 heavy (non-hydrogen) atoms. The zero-order chi connectivity index (χ0) is 20.5. The van der Waals surface area contributed by atoms with Crippen LogP contribution in [-0.4, -0.2) is 21.5 Å². The van der Waals surface area contributed by atoms with Crippen LogP contribution in [0.2, 0.25) is 5.02 Å². The van der Waals surface area contributed by atoms with Crippen molar-refractivity contribution < 1.29 is 9.59 Å². The number of benzene rings is 2. The fraction of sp³-hybridized carbons (Fsp3) is 0. The number of halogens is 2. The minimum Gasteiger partial charge on any atom is -0.317 e. The molecule has 3 aromatic rings. The Morgan fingerprint density at radius 3 is 2.31 bits per heavy atom. The highest BCUT2D eigenvalue weighted by Crippen LogP contribution is 2.25. The monoisotopic (exact) mass is 485 g/mol. The van der Waals surface area contributed by atoms with Crippen molar-refractivity contribution in [3.63, 3.8) is 0 Å². The Bertz CT molecular complexity index is 1150. The van der Waals surface area contributed by atoms with E-state index >= 15 is 0 Å². The molecule has 2 heterocycles. The number of hydrogen-bond acceptors (Lipinski definition) is 3. The molecule has 0 unspecified atom stereocenters. The molecule has 144 valence electrons. The fourth-order valence-corrected chi connectivity index (χ4v) is 3.65. The number of anilines is 1. The second-order valence-corrected chi connectivity index (χ2v) is 7.95. The van der Waals surface area contributed by atoms with Gasteiger partial charge in [-0.3, -0.25) is 19.8 Å². The summed E-state index contributed by atoms with van der Waals surface area (Å²) in [6.07, 6.45) is 3.42. The summed E-state index contributed by atoms with van der Waals surface area (Å²) in [6.45, 7) is 0. The number of nitrogens with one attached hydrogen (secondary N) is 1. The van der Waals surface area contributed by atoms with Gasteiger partial charge in [-0.05, 0) is 79.0 Å². The highest BCUT2D eigenvalue weighted by molar-refractivity contribution is 9.10. The number of rotatable bonds is 3. The van der Waals surface area contributed by atoms with Crippen LogP contribution in [0.1, 0.15) is 5.69 Å². The molecule has 0 atom stereocenters. The summed E-state index contributed by atoms with van der Waals surface area (Å²) < 4.78 is 2.85. The lowest BCUT2D eigenvalue weighted by atomic mass is 10.1. The van der Waals surface area contributed by atoms with Crippen LogP contribution in [0.4, 0.5) is 5.69 Å². The number of hydrogen-bond donors (Lipinski definition) is 1. The Morgan fingerprint density at radius 2 is 1.62 bits per heavy atom. The Balaban J connectivity index is 1.73. The first-order valence-corrected chi connectivity index (χ1v) is 10.1. The second-order valence-electron chi connectivity index (χ2n) is 6.21. The third-order valence-corrected chi connectivity index (χ3v) is 5.43. The van der Waals surface area contributed by atoms with Crippen molar-refractivity contribution >= 4 is 68.4 Å². The maximum atomic E-state index is 13.1. The molecule has 1 saturated heterocycles. The molecule has 0 spiro atoms. The summed E-state index contributed by atoms with van der Waals surface area (Å²) in [5.74, 6) is -1.03. The summed E-state index contributed by atoms with van der Waals surface area (Å²) in [6, 6.07) is 18.1. The van der Waals surface area contributed by atoms with Gasteiger partial charge in [-0.2, -0.15) is 0 Å². The van der Waals surface area contributed by atoms with E-state index in [1.54, 1.807) is 30.3 Å². The number of thiocarbonyl (C=S) groups is 1. The van der Waals surface area contributed by atoms with Gasteiger partial charge in [0.1, 0.15) is 5.57 Å². The Hall–Kier alpha value is -2.74. The van der Waals surface area contributed by atoms with Gasteiger partial charge in [-0.15, -0.1) is 0 Å². The molecule has 5 nitrogen and oxygen atoms in total. The summed E-state index contributed by atoms with van der Waals surface area (Å²) in [5, 5.41) is 3.15. The lowest BCUT2D eigenvalue weighted by Crippen LogP contribution is -2.54. The molecule has 0 bridgehead atoms. The lowest BCUT2D eigenvalue weighted by molar-refractivity contribution is -0.122. The third-order valence-electron chi connectivity index (χ3n) is 4.36. The lowest BCUT2D eigenvalue weighted by Gasteiger charge is -2.29. The maximum Gasteiger partial charge on any atom is 0.270 e. The maximum absolute atomic E-state index is 13.1.